The Labute approximate surface area is 110 Å². The van der Waals surface area contributed by atoms with Gasteiger partial charge in [-0.2, -0.15) is 5.26 Å². The molecule has 0 heterocycles. The topological polar surface area (TPSA) is 71.3 Å². The maximum atomic E-state index is 11.5. The molecule has 96 valence electrons. The first kappa shape index (κ1) is 14.5. The van der Waals surface area contributed by atoms with E-state index < -0.39 is 0 Å². The molecular weight excluding hydrogens is 256 g/mol. The van der Waals surface area contributed by atoms with Crippen molar-refractivity contribution in [3.05, 3.63) is 28.8 Å². The number of ether oxygens (including phenoxy) is 2. The number of anilines is 1. The van der Waals surface area contributed by atoms with Crippen molar-refractivity contribution < 1.29 is 14.3 Å². The molecule has 0 aliphatic rings. The van der Waals surface area contributed by atoms with Gasteiger partial charge in [-0.05, 0) is 18.2 Å². The van der Waals surface area contributed by atoms with Gasteiger partial charge >= 0.3 is 0 Å². The van der Waals surface area contributed by atoms with Crippen molar-refractivity contribution in [3.8, 4) is 6.07 Å². The molecule has 1 amide bonds. The number of hydrogen-bond acceptors (Lipinski definition) is 4. The second kappa shape index (κ2) is 7.67. The van der Waals surface area contributed by atoms with Gasteiger partial charge in [0.15, 0.2) is 0 Å². The minimum atomic E-state index is -0.308. The summed E-state index contributed by atoms with van der Waals surface area (Å²) >= 11 is 5.91. The number of carbonyl (C=O) groups excluding carboxylic acids is 1. The van der Waals surface area contributed by atoms with E-state index in [-0.39, 0.29) is 12.5 Å². The van der Waals surface area contributed by atoms with Crippen LogP contribution >= 0.6 is 11.6 Å². The second-order valence-electron chi connectivity index (χ2n) is 3.40. The third-order valence-corrected chi connectivity index (χ3v) is 2.35. The fourth-order valence-electron chi connectivity index (χ4n) is 1.18. The molecule has 18 heavy (non-hydrogen) atoms. The standard InChI is InChI=1S/C12H13ClN2O3/c1-17-4-5-18-8-12(16)15-11-3-2-9(7-14)6-10(11)13/h2-3,6H,4-5,8H2,1H3,(H,15,16). The zero-order valence-electron chi connectivity index (χ0n) is 9.90. The highest BCUT2D eigenvalue weighted by atomic mass is 35.5. The van der Waals surface area contributed by atoms with Gasteiger partial charge in [0.1, 0.15) is 6.61 Å². The molecule has 6 heteroatoms. The van der Waals surface area contributed by atoms with Gasteiger partial charge in [0.2, 0.25) is 5.91 Å². The van der Waals surface area contributed by atoms with Crippen LogP contribution in [-0.2, 0) is 14.3 Å². The third kappa shape index (κ3) is 4.72. The lowest BCUT2D eigenvalue weighted by molar-refractivity contribution is -0.121. The van der Waals surface area contributed by atoms with Crippen LogP contribution in [0.4, 0.5) is 5.69 Å². The number of nitrogens with one attached hydrogen (secondary N) is 1. The molecule has 0 unspecified atom stereocenters. The number of halogens is 1. The fourth-order valence-corrected chi connectivity index (χ4v) is 1.41. The Balaban J connectivity index is 2.47. The van der Waals surface area contributed by atoms with Crippen molar-refractivity contribution in [1.29, 1.82) is 5.26 Å². The zero-order valence-corrected chi connectivity index (χ0v) is 10.7. The van der Waals surface area contributed by atoms with E-state index in [1.807, 2.05) is 6.07 Å². The van der Waals surface area contributed by atoms with Crippen LogP contribution in [0, 0.1) is 11.3 Å². The average molecular weight is 269 g/mol. The number of nitrogens with zero attached hydrogens (tertiary/aromatic N) is 1. The van der Waals surface area contributed by atoms with Gasteiger partial charge in [-0.3, -0.25) is 4.79 Å². The van der Waals surface area contributed by atoms with Crippen LogP contribution in [-0.4, -0.2) is 32.8 Å². The Bertz CT molecular complexity index is 457. The van der Waals surface area contributed by atoms with Crippen molar-refractivity contribution in [2.75, 3.05) is 32.2 Å². The summed E-state index contributed by atoms with van der Waals surface area (Å²) in [6.07, 6.45) is 0. The van der Waals surface area contributed by atoms with Gasteiger partial charge in [-0.1, -0.05) is 11.6 Å². The quantitative estimate of drug-likeness (QED) is 0.799. The largest absolute Gasteiger partial charge is 0.382 e. The third-order valence-electron chi connectivity index (χ3n) is 2.04. The molecule has 0 aliphatic carbocycles. The fraction of sp³-hybridized carbons (Fsp3) is 0.333. The van der Waals surface area contributed by atoms with Crippen LogP contribution in [0.2, 0.25) is 5.02 Å². The molecule has 0 bridgehead atoms. The summed E-state index contributed by atoms with van der Waals surface area (Å²) in [6.45, 7) is 0.718. The predicted octanol–water partition coefficient (Wildman–Crippen LogP) is 1.81. The number of amides is 1. The van der Waals surface area contributed by atoms with Crippen molar-refractivity contribution in [2.45, 2.75) is 0 Å². The van der Waals surface area contributed by atoms with E-state index >= 15 is 0 Å². The van der Waals surface area contributed by atoms with E-state index in [4.69, 9.17) is 26.3 Å². The number of methoxy groups -OCH3 is 1. The van der Waals surface area contributed by atoms with Crippen LogP contribution in [0.15, 0.2) is 18.2 Å². The predicted molar refractivity (Wildman–Crippen MR) is 67.5 cm³/mol. The Morgan fingerprint density at radius 2 is 2.28 bits per heavy atom. The lowest BCUT2D eigenvalue weighted by atomic mass is 10.2. The molecule has 0 aromatic heterocycles. The van der Waals surface area contributed by atoms with E-state index in [2.05, 4.69) is 5.32 Å². The van der Waals surface area contributed by atoms with E-state index in [1.165, 1.54) is 6.07 Å². The van der Waals surface area contributed by atoms with Crippen molar-refractivity contribution in [3.63, 3.8) is 0 Å². The second-order valence-corrected chi connectivity index (χ2v) is 3.81. The van der Waals surface area contributed by atoms with Crippen LogP contribution in [0.5, 0.6) is 0 Å². The number of hydrogen-bond donors (Lipinski definition) is 1. The summed E-state index contributed by atoms with van der Waals surface area (Å²) in [5, 5.41) is 11.6. The molecule has 5 nitrogen and oxygen atoms in total. The SMILES string of the molecule is COCCOCC(=O)Nc1ccc(C#N)cc1Cl. The van der Waals surface area contributed by atoms with E-state index in [1.54, 1.807) is 19.2 Å². The minimum absolute atomic E-state index is 0.0698. The first-order valence-electron chi connectivity index (χ1n) is 5.23. The van der Waals surface area contributed by atoms with Gasteiger partial charge in [0.05, 0.1) is 35.6 Å². The normalized spacial score (nSPS) is 9.83. The number of benzene rings is 1. The molecule has 0 aliphatic heterocycles. The summed E-state index contributed by atoms with van der Waals surface area (Å²) in [5.41, 5.74) is 0.894. The van der Waals surface area contributed by atoms with Gasteiger partial charge < -0.3 is 14.8 Å². The molecule has 1 aromatic rings. The zero-order chi connectivity index (χ0) is 13.4. The monoisotopic (exact) mass is 268 g/mol. The van der Waals surface area contributed by atoms with Crippen LogP contribution < -0.4 is 5.32 Å². The molecule has 0 spiro atoms. The molecule has 0 saturated heterocycles. The first-order chi connectivity index (χ1) is 8.67. The highest BCUT2D eigenvalue weighted by Crippen LogP contribution is 2.22. The van der Waals surface area contributed by atoms with E-state index in [0.717, 1.165) is 0 Å². The summed E-state index contributed by atoms with van der Waals surface area (Å²) in [5.74, 6) is -0.308. The van der Waals surface area contributed by atoms with Gasteiger partial charge in [0.25, 0.3) is 0 Å². The summed E-state index contributed by atoms with van der Waals surface area (Å²) in [7, 11) is 1.56. The Hall–Kier alpha value is -1.61. The molecule has 0 saturated carbocycles. The lowest BCUT2D eigenvalue weighted by Crippen LogP contribution is -2.19. The summed E-state index contributed by atoms with van der Waals surface area (Å²) in [6, 6.07) is 6.60. The molecular formula is C12H13ClN2O3. The molecule has 0 atom stereocenters. The number of rotatable bonds is 6. The van der Waals surface area contributed by atoms with Crippen LogP contribution in [0.1, 0.15) is 5.56 Å². The molecule has 1 N–H and O–H groups in total. The highest BCUT2D eigenvalue weighted by Gasteiger charge is 2.06. The molecule has 0 fully saturated rings. The summed E-state index contributed by atoms with van der Waals surface area (Å²) in [4.78, 5) is 11.5. The van der Waals surface area contributed by atoms with Crippen molar-refractivity contribution >= 4 is 23.2 Å². The number of carbonyl (C=O) groups is 1. The molecule has 1 rings (SSSR count). The maximum Gasteiger partial charge on any atom is 0.250 e. The Morgan fingerprint density at radius 1 is 1.50 bits per heavy atom. The smallest absolute Gasteiger partial charge is 0.250 e. The molecule has 1 aromatic carbocycles. The van der Waals surface area contributed by atoms with Gasteiger partial charge in [-0.15, -0.1) is 0 Å². The molecule has 0 radical (unpaired) electrons. The Kier molecular flexibility index (Phi) is 6.15. The maximum absolute atomic E-state index is 11.5. The first-order valence-corrected chi connectivity index (χ1v) is 5.61. The highest BCUT2D eigenvalue weighted by molar-refractivity contribution is 6.33. The van der Waals surface area contributed by atoms with Gasteiger partial charge in [0, 0.05) is 7.11 Å². The number of nitriles is 1. The van der Waals surface area contributed by atoms with Crippen molar-refractivity contribution in [2.24, 2.45) is 0 Å². The van der Waals surface area contributed by atoms with Crippen molar-refractivity contribution in [1.82, 2.24) is 0 Å². The van der Waals surface area contributed by atoms with E-state index in [0.29, 0.717) is 29.5 Å². The summed E-state index contributed by atoms with van der Waals surface area (Å²) < 4.78 is 9.84. The van der Waals surface area contributed by atoms with Crippen LogP contribution in [0.3, 0.4) is 0 Å². The average Bonchev–Trinajstić information content (AvgIpc) is 2.37. The van der Waals surface area contributed by atoms with Gasteiger partial charge in [-0.25, -0.2) is 0 Å². The van der Waals surface area contributed by atoms with Crippen LogP contribution in [0.25, 0.3) is 0 Å². The lowest BCUT2D eigenvalue weighted by Gasteiger charge is -2.07. The van der Waals surface area contributed by atoms with E-state index in [9.17, 15) is 4.79 Å². The Morgan fingerprint density at radius 3 is 2.89 bits per heavy atom. The minimum Gasteiger partial charge on any atom is -0.382 e.